The normalized spacial score (nSPS) is 12.0. The van der Waals surface area contributed by atoms with Crippen molar-refractivity contribution in [3.63, 3.8) is 0 Å². The van der Waals surface area contributed by atoms with Crippen LogP contribution in [0.5, 0.6) is 0 Å². The Morgan fingerprint density at radius 3 is 2.14 bits per heavy atom. The first kappa shape index (κ1) is 17.3. The van der Waals surface area contributed by atoms with Gasteiger partial charge in [-0.2, -0.15) is 16.8 Å². The Kier molecular flexibility index (Phi) is 4.89. The topological polar surface area (TPSA) is 127 Å². The average molecular weight is 335 g/mol. The zero-order valence-corrected chi connectivity index (χ0v) is 12.8. The van der Waals surface area contributed by atoms with Crippen molar-refractivity contribution < 1.29 is 30.4 Å². The zero-order valence-electron chi connectivity index (χ0n) is 11.2. The van der Waals surface area contributed by atoms with Crippen LogP contribution in [0.25, 0.3) is 0 Å². The minimum Gasteiger partial charge on any atom is -0.322 e. The summed E-state index contributed by atoms with van der Waals surface area (Å²) < 4.78 is 58.9. The zero-order chi connectivity index (χ0) is 16.4. The van der Waals surface area contributed by atoms with E-state index in [2.05, 4.69) is 16.1 Å². The predicted molar refractivity (Wildman–Crippen MR) is 73.9 cm³/mol. The number of hydrogen-bond acceptors (Lipinski definition) is 6. The largest absolute Gasteiger partial charge is 0.322 e. The van der Waals surface area contributed by atoms with Crippen LogP contribution in [-0.2, 0) is 29.2 Å². The Morgan fingerprint density at radius 2 is 1.71 bits per heavy atom. The van der Waals surface area contributed by atoms with E-state index in [1.165, 1.54) is 6.92 Å². The van der Waals surface area contributed by atoms with Crippen molar-refractivity contribution in [2.24, 2.45) is 0 Å². The molecule has 10 heteroatoms. The molecule has 1 rings (SSSR count). The summed E-state index contributed by atoms with van der Waals surface area (Å²) in [7, 11) is -7.98. The van der Waals surface area contributed by atoms with Gasteiger partial charge in [0.2, 0.25) is 0 Å². The van der Waals surface area contributed by atoms with Crippen LogP contribution in [-0.4, -0.2) is 34.4 Å². The van der Waals surface area contributed by atoms with Crippen LogP contribution in [0.1, 0.15) is 6.92 Å². The Morgan fingerprint density at radius 1 is 1.19 bits per heavy atom. The first-order chi connectivity index (χ1) is 9.47. The van der Waals surface area contributed by atoms with Gasteiger partial charge in [0.15, 0.2) is 0 Å². The lowest BCUT2D eigenvalue weighted by atomic mass is 10.3. The molecule has 1 amide bonds. The van der Waals surface area contributed by atoms with E-state index in [0.717, 1.165) is 19.2 Å². The highest BCUT2D eigenvalue weighted by atomic mass is 32.2. The lowest BCUT2D eigenvalue weighted by molar-refractivity contribution is -0.112. The van der Waals surface area contributed by atoms with Gasteiger partial charge >= 0.3 is 0 Å². The van der Waals surface area contributed by atoms with E-state index in [0.29, 0.717) is 6.07 Å². The lowest BCUT2D eigenvalue weighted by Gasteiger charge is -2.09. The molecule has 0 aliphatic carbocycles. The average Bonchev–Trinajstić information content (AvgIpc) is 2.37. The molecule has 0 heterocycles. The van der Waals surface area contributed by atoms with Gasteiger partial charge in [0.05, 0.1) is 16.9 Å². The summed E-state index contributed by atoms with van der Waals surface area (Å²) in [4.78, 5) is 10.3. The van der Waals surface area contributed by atoms with Gasteiger partial charge in [-0.3, -0.25) is 13.5 Å². The minimum absolute atomic E-state index is 0.128. The Labute approximate surface area is 122 Å². The van der Waals surface area contributed by atoms with Crippen molar-refractivity contribution >= 4 is 31.8 Å². The van der Waals surface area contributed by atoms with Gasteiger partial charge in [-0.25, -0.2) is 0 Å². The van der Waals surface area contributed by atoms with Crippen LogP contribution in [0.4, 0.5) is 5.69 Å². The number of anilines is 1. The second-order valence-electron chi connectivity index (χ2n) is 4.02. The van der Waals surface area contributed by atoms with Crippen LogP contribution < -0.4 is 5.32 Å². The summed E-state index contributed by atoms with van der Waals surface area (Å²) in [6.07, 6.45) is 0. The maximum absolute atomic E-state index is 11.6. The van der Waals surface area contributed by atoms with Gasteiger partial charge in [0.25, 0.3) is 26.1 Å². The highest BCUT2D eigenvalue weighted by molar-refractivity contribution is 7.87. The summed E-state index contributed by atoms with van der Waals surface area (Å²) in [5.41, 5.74) is -0.0165. The second-order valence-corrected chi connectivity index (χ2v) is 7.16. The summed E-state index contributed by atoms with van der Waals surface area (Å²) in [6, 6.07) is 2.61. The first-order valence-electron chi connectivity index (χ1n) is 5.37. The quantitative estimate of drug-likeness (QED) is 0.462. The van der Waals surface area contributed by atoms with E-state index in [1.807, 2.05) is 0 Å². The number of carbonyl (C=O) groups is 1. The number of rotatable bonds is 5. The van der Waals surface area contributed by atoms with Crippen molar-refractivity contribution in [3.05, 3.63) is 30.4 Å². The van der Waals surface area contributed by atoms with E-state index in [4.69, 9.17) is 4.55 Å². The fraction of sp³-hybridized carbons (Fsp3) is 0.182. The molecule has 0 aliphatic heterocycles. The molecular formula is C11H13NO7S2. The lowest BCUT2D eigenvalue weighted by Crippen LogP contribution is -2.14. The molecule has 0 fully saturated rings. The van der Waals surface area contributed by atoms with Crippen molar-refractivity contribution in [3.8, 4) is 0 Å². The molecule has 2 N–H and O–H groups in total. The predicted octanol–water partition coefficient (Wildman–Crippen LogP) is 0.783. The van der Waals surface area contributed by atoms with Crippen LogP contribution in [0.15, 0.2) is 40.1 Å². The molecule has 0 aliphatic rings. The van der Waals surface area contributed by atoms with Crippen LogP contribution >= 0.6 is 0 Å². The molecular weight excluding hydrogens is 322 g/mol. The third kappa shape index (κ3) is 4.36. The van der Waals surface area contributed by atoms with E-state index in [1.54, 1.807) is 0 Å². The monoisotopic (exact) mass is 335 g/mol. The molecule has 0 saturated carbocycles. The van der Waals surface area contributed by atoms with Crippen molar-refractivity contribution in [2.75, 3.05) is 12.4 Å². The van der Waals surface area contributed by atoms with Gasteiger partial charge in [-0.1, -0.05) is 6.58 Å². The third-order valence-corrected chi connectivity index (χ3v) is 4.41. The number of amides is 1. The Balaban J connectivity index is 3.49. The molecule has 0 aromatic heterocycles. The summed E-state index contributed by atoms with van der Waals surface area (Å²) in [6.45, 7) is 4.80. The first-order valence-corrected chi connectivity index (χ1v) is 8.22. The minimum atomic E-state index is -4.67. The highest BCUT2D eigenvalue weighted by Gasteiger charge is 2.20. The summed E-state index contributed by atoms with van der Waals surface area (Å²) in [5, 5.41) is 2.26. The molecule has 1 aromatic rings. The standard InChI is InChI=1S/C11H13NO7S2/c1-7(2)11(13)12-8-4-9(20(14,15)16)6-10(5-8)21(17,18)19-3/h4-6H,1H2,2-3H3,(H,12,13)(H,14,15,16). The van der Waals surface area contributed by atoms with Gasteiger partial charge < -0.3 is 5.32 Å². The van der Waals surface area contributed by atoms with Crippen molar-refractivity contribution in [1.29, 1.82) is 0 Å². The third-order valence-electron chi connectivity index (χ3n) is 2.33. The summed E-state index contributed by atoms with van der Waals surface area (Å²) in [5.74, 6) is -0.636. The maximum Gasteiger partial charge on any atom is 0.296 e. The number of hydrogen-bond donors (Lipinski definition) is 2. The van der Waals surface area contributed by atoms with Gasteiger partial charge in [0, 0.05) is 11.3 Å². The van der Waals surface area contributed by atoms with Gasteiger partial charge in [-0.15, -0.1) is 0 Å². The van der Waals surface area contributed by atoms with E-state index in [-0.39, 0.29) is 11.3 Å². The molecule has 21 heavy (non-hydrogen) atoms. The van der Waals surface area contributed by atoms with Crippen molar-refractivity contribution in [1.82, 2.24) is 0 Å². The van der Waals surface area contributed by atoms with E-state index < -0.39 is 35.9 Å². The number of benzene rings is 1. The molecule has 116 valence electrons. The smallest absolute Gasteiger partial charge is 0.296 e. The number of nitrogens with one attached hydrogen (secondary N) is 1. The second kappa shape index (κ2) is 5.93. The highest BCUT2D eigenvalue weighted by Crippen LogP contribution is 2.23. The van der Waals surface area contributed by atoms with Crippen LogP contribution in [0.3, 0.4) is 0 Å². The van der Waals surface area contributed by atoms with Gasteiger partial charge in [0.1, 0.15) is 0 Å². The maximum atomic E-state index is 11.6. The SMILES string of the molecule is C=C(C)C(=O)Nc1cc(S(=O)(=O)O)cc(S(=O)(=O)OC)c1. The molecule has 8 nitrogen and oxygen atoms in total. The van der Waals surface area contributed by atoms with E-state index >= 15 is 0 Å². The number of carbonyl (C=O) groups excluding carboxylic acids is 1. The van der Waals surface area contributed by atoms with Crippen LogP contribution in [0.2, 0.25) is 0 Å². The Hall–Kier alpha value is -1.75. The summed E-state index contributed by atoms with van der Waals surface area (Å²) >= 11 is 0. The fourth-order valence-electron chi connectivity index (χ4n) is 1.27. The van der Waals surface area contributed by atoms with E-state index in [9.17, 15) is 21.6 Å². The molecule has 1 aromatic carbocycles. The molecule has 0 spiro atoms. The van der Waals surface area contributed by atoms with Crippen molar-refractivity contribution in [2.45, 2.75) is 16.7 Å². The Bertz CT molecular complexity index is 794. The molecule has 0 atom stereocenters. The van der Waals surface area contributed by atoms with Crippen LogP contribution in [0, 0.1) is 0 Å². The molecule has 0 bridgehead atoms. The molecule has 0 radical (unpaired) electrons. The van der Waals surface area contributed by atoms with Gasteiger partial charge in [-0.05, 0) is 25.1 Å². The molecule has 0 unspecified atom stereocenters. The molecule has 0 saturated heterocycles. The fourth-order valence-corrected chi connectivity index (χ4v) is 2.63.